The zero-order valence-corrected chi connectivity index (χ0v) is 6.00. The van der Waals surface area contributed by atoms with Gasteiger partial charge >= 0.3 is 0 Å². The van der Waals surface area contributed by atoms with E-state index in [2.05, 4.69) is 0 Å². The van der Waals surface area contributed by atoms with Gasteiger partial charge in [-0.3, -0.25) is 0 Å². The van der Waals surface area contributed by atoms with Crippen LogP contribution in [0.4, 0.5) is 0 Å². The average molecular weight is 150 g/mol. The molecule has 0 N–H and O–H groups in total. The van der Waals surface area contributed by atoms with E-state index in [-0.39, 0.29) is 36.3 Å². The molecule has 0 rings (SSSR count). The number of hydrogen-bond acceptors (Lipinski definition) is 1. The van der Waals surface area contributed by atoms with Gasteiger partial charge in [-0.25, -0.2) is 0 Å². The van der Waals surface area contributed by atoms with Crippen molar-refractivity contribution >= 4 is 0 Å². The summed E-state index contributed by atoms with van der Waals surface area (Å²) in [5.74, 6) is 0. The molecule has 0 aliphatic carbocycles. The minimum absolute atomic E-state index is 0. The van der Waals surface area contributed by atoms with Crippen molar-refractivity contribution in [1.82, 2.24) is 0 Å². The molecule has 0 amide bonds. The van der Waals surface area contributed by atoms with Crippen LogP contribution in [-0.2, 0) is 36.3 Å². The summed E-state index contributed by atoms with van der Waals surface area (Å²) in [6.45, 7) is 4.75. The molecule has 21 valence electrons. The molecule has 1 radical (unpaired) electrons. The Morgan fingerprint density at radius 2 is 1.25 bits per heavy atom. The van der Waals surface area contributed by atoms with Crippen LogP contribution in [0.2, 0.25) is 0 Å². The first kappa shape index (κ1) is 23.1. The van der Waals surface area contributed by atoms with Gasteiger partial charge in [0.25, 0.3) is 0 Å². The molecule has 0 unspecified atom stereocenters. The quantitative estimate of drug-likeness (QED) is 0.355. The van der Waals surface area contributed by atoms with E-state index in [9.17, 15) is 0 Å². The Morgan fingerprint density at radius 3 is 1.25 bits per heavy atom. The molecule has 0 aromatic rings. The third-order valence-corrected chi connectivity index (χ3v) is 0. The molecule has 0 aliphatic rings. The van der Waals surface area contributed by atoms with E-state index >= 15 is 0 Å². The predicted molar refractivity (Wildman–Crippen MR) is 4.97 cm³/mol. The third kappa shape index (κ3) is 17.9. The van der Waals surface area contributed by atoms with Crippen LogP contribution in [0.1, 0.15) is 0 Å². The van der Waals surface area contributed by atoms with Gasteiger partial charge in [-0.1, -0.05) is 0 Å². The Balaban J connectivity index is -0.00000000500. The summed E-state index contributed by atoms with van der Waals surface area (Å²) in [5.41, 5.74) is 0. The van der Waals surface area contributed by atoms with Crippen molar-refractivity contribution < 1.29 is 36.3 Å². The van der Waals surface area contributed by atoms with Gasteiger partial charge in [-0.05, 0) is 0 Å². The first-order valence-electron chi connectivity index (χ1n) is 0.224. The number of rotatable bonds is 0. The van der Waals surface area contributed by atoms with E-state index in [4.69, 9.17) is 11.8 Å². The standard InChI is InChI=1S/CN.Co.Zn/c1-2;;/q-1;;. The van der Waals surface area contributed by atoms with Gasteiger partial charge in [0.05, 0.1) is 0 Å². The third-order valence-electron chi connectivity index (χ3n) is 0. The van der Waals surface area contributed by atoms with Crippen LogP contribution < -0.4 is 0 Å². The largest absolute Gasteiger partial charge is 0.512 e. The van der Waals surface area contributed by atoms with Crippen LogP contribution in [-0.4, -0.2) is 0 Å². The van der Waals surface area contributed by atoms with Crippen LogP contribution in [0.25, 0.3) is 0 Å². The summed E-state index contributed by atoms with van der Waals surface area (Å²) >= 11 is 0. The molecule has 0 aliphatic heterocycles. The summed E-state index contributed by atoms with van der Waals surface area (Å²) in [6, 6.07) is 0. The van der Waals surface area contributed by atoms with E-state index in [0.717, 1.165) is 0 Å². The first-order valence-corrected chi connectivity index (χ1v) is 0.224. The molecule has 0 aromatic heterocycles. The molecular weight excluding hydrogens is 150 g/mol. The summed E-state index contributed by atoms with van der Waals surface area (Å²) in [7, 11) is 0. The minimum atomic E-state index is 0. The molecule has 3 heteroatoms. The maximum absolute atomic E-state index is 6.25. The van der Waals surface area contributed by atoms with E-state index in [1.54, 1.807) is 0 Å². The number of hydrogen-bond donors (Lipinski definition) is 0. The van der Waals surface area contributed by atoms with Crippen molar-refractivity contribution in [2.75, 3.05) is 0 Å². The van der Waals surface area contributed by atoms with Crippen LogP contribution >= 0.6 is 0 Å². The minimum Gasteiger partial charge on any atom is -0.512 e. The fourth-order valence-electron chi connectivity index (χ4n) is 0. The second-order valence-electron chi connectivity index (χ2n) is 0. The molecule has 0 saturated heterocycles. The monoisotopic (exact) mass is 149 g/mol. The van der Waals surface area contributed by atoms with Crippen molar-refractivity contribution in [3.8, 4) is 0 Å². The van der Waals surface area contributed by atoms with Gasteiger partial charge in [0.2, 0.25) is 0 Å². The zero-order chi connectivity index (χ0) is 2.00. The smallest absolute Gasteiger partial charge is 0 e. The van der Waals surface area contributed by atoms with Gasteiger partial charge < -0.3 is 11.8 Å². The molecule has 0 bridgehead atoms. The van der Waals surface area contributed by atoms with Gasteiger partial charge in [0.15, 0.2) is 0 Å². The Kier molecular flexibility index (Phi) is 373. The topological polar surface area (TPSA) is 23.8 Å². The zero-order valence-electron chi connectivity index (χ0n) is 1.99. The summed E-state index contributed by atoms with van der Waals surface area (Å²) in [5, 5.41) is 6.25. The molecular formula is CCoNZn-. The maximum atomic E-state index is 6.25. The predicted octanol–water partition coefficient (Wildman–Crippen LogP) is 0.0914. The Morgan fingerprint density at radius 1 is 1.25 bits per heavy atom. The van der Waals surface area contributed by atoms with Crippen molar-refractivity contribution in [2.24, 2.45) is 0 Å². The second kappa shape index (κ2) is 64.7. The summed E-state index contributed by atoms with van der Waals surface area (Å²) in [4.78, 5) is 0. The Hall–Kier alpha value is 0.620. The van der Waals surface area contributed by atoms with Gasteiger partial charge in [-0.15, -0.1) is 0 Å². The normalized spacial score (nSPS) is 0.500. The van der Waals surface area contributed by atoms with Crippen LogP contribution in [0.15, 0.2) is 0 Å². The Bertz CT molecular complexity index is 12.8. The molecule has 4 heavy (non-hydrogen) atoms. The molecule has 0 heterocycles. The summed E-state index contributed by atoms with van der Waals surface area (Å²) in [6.07, 6.45) is 0. The van der Waals surface area contributed by atoms with Gasteiger partial charge in [0.1, 0.15) is 0 Å². The molecule has 0 fully saturated rings. The van der Waals surface area contributed by atoms with Gasteiger partial charge in [-0.2, -0.15) is 0 Å². The van der Waals surface area contributed by atoms with Crippen LogP contribution in [0.3, 0.4) is 0 Å². The summed E-state index contributed by atoms with van der Waals surface area (Å²) < 4.78 is 0. The van der Waals surface area contributed by atoms with Crippen LogP contribution in [0.5, 0.6) is 0 Å². The first-order chi connectivity index (χ1) is 1.00. The molecule has 0 aromatic carbocycles. The van der Waals surface area contributed by atoms with E-state index < -0.39 is 0 Å². The van der Waals surface area contributed by atoms with E-state index in [1.807, 2.05) is 0 Å². The molecule has 0 spiro atoms. The van der Waals surface area contributed by atoms with Crippen molar-refractivity contribution in [3.05, 3.63) is 6.57 Å². The van der Waals surface area contributed by atoms with E-state index in [1.165, 1.54) is 0 Å². The fraction of sp³-hybridized carbons (Fsp3) is 0. The molecule has 0 atom stereocenters. The fourth-order valence-corrected chi connectivity index (χ4v) is 0. The number of nitrogens with zero attached hydrogens (tertiary/aromatic N) is 1. The van der Waals surface area contributed by atoms with Crippen molar-refractivity contribution in [3.63, 3.8) is 0 Å². The maximum Gasteiger partial charge on any atom is 0 e. The van der Waals surface area contributed by atoms with Crippen LogP contribution in [0, 0.1) is 11.8 Å². The van der Waals surface area contributed by atoms with Crippen molar-refractivity contribution in [1.29, 1.82) is 5.26 Å². The average Bonchev–Trinajstić information content (AvgIpc) is 1.00. The SMILES string of the molecule is [C-]#N.[Co].[Zn]. The van der Waals surface area contributed by atoms with Gasteiger partial charge in [0, 0.05) is 36.3 Å². The van der Waals surface area contributed by atoms with E-state index in [0.29, 0.717) is 0 Å². The second-order valence-corrected chi connectivity index (χ2v) is 0. The molecule has 0 saturated carbocycles. The Labute approximate surface area is 48.3 Å². The van der Waals surface area contributed by atoms with Crippen molar-refractivity contribution in [2.45, 2.75) is 0 Å². The molecule has 1 nitrogen and oxygen atoms in total.